The molecule has 0 fully saturated rings. The highest BCUT2D eigenvalue weighted by molar-refractivity contribution is 7.11. The summed E-state index contributed by atoms with van der Waals surface area (Å²) in [5, 5.41) is 4.39. The summed E-state index contributed by atoms with van der Waals surface area (Å²) in [5.41, 5.74) is 0. The molecule has 0 atom stereocenters. The summed E-state index contributed by atoms with van der Waals surface area (Å²) in [6.07, 6.45) is 3.80. The fourth-order valence-electron chi connectivity index (χ4n) is 2.31. The lowest BCUT2D eigenvalue weighted by atomic mass is 10.3. The quantitative estimate of drug-likeness (QED) is 0.537. The van der Waals surface area contributed by atoms with Crippen molar-refractivity contribution >= 4 is 17.3 Å². The number of rotatable bonds is 9. The molecule has 2 aromatic rings. The van der Waals surface area contributed by atoms with Gasteiger partial charge in [0.2, 0.25) is 0 Å². The first-order valence-electron chi connectivity index (χ1n) is 8.94. The van der Waals surface area contributed by atoms with Crippen molar-refractivity contribution in [2.45, 2.75) is 26.7 Å². The highest BCUT2D eigenvalue weighted by Crippen LogP contribution is 2.15. The van der Waals surface area contributed by atoms with Crippen LogP contribution in [0.25, 0.3) is 0 Å². The molecular weight excluding hydrogens is 351 g/mol. The first-order chi connectivity index (χ1) is 12.6. The van der Waals surface area contributed by atoms with Crippen LogP contribution in [-0.2, 0) is 12.8 Å². The maximum atomic E-state index is 13.6. The van der Waals surface area contributed by atoms with E-state index in [0.29, 0.717) is 19.7 Å². The second-order valence-electron chi connectivity index (χ2n) is 5.76. The molecule has 1 aromatic heterocycles. The molecule has 0 aliphatic rings. The van der Waals surface area contributed by atoms with Crippen molar-refractivity contribution in [2.75, 3.05) is 33.3 Å². The van der Waals surface area contributed by atoms with Crippen LogP contribution in [0, 0.1) is 5.82 Å². The number of para-hydroxylation sites is 1. The van der Waals surface area contributed by atoms with E-state index in [0.717, 1.165) is 30.4 Å². The first-order valence-corrected chi connectivity index (χ1v) is 9.76. The van der Waals surface area contributed by atoms with E-state index in [4.69, 9.17) is 4.74 Å². The molecule has 0 bridgehead atoms. The van der Waals surface area contributed by atoms with E-state index in [-0.39, 0.29) is 11.6 Å². The van der Waals surface area contributed by atoms with Gasteiger partial charge in [0.25, 0.3) is 0 Å². The lowest BCUT2D eigenvalue weighted by Crippen LogP contribution is -2.41. The van der Waals surface area contributed by atoms with E-state index in [1.54, 1.807) is 29.5 Å². The molecule has 1 N–H and O–H groups in total. The predicted molar refractivity (Wildman–Crippen MR) is 106 cm³/mol. The summed E-state index contributed by atoms with van der Waals surface area (Å²) in [5.74, 6) is 0.751. The Hall–Kier alpha value is -2.15. The number of hydrogen-bond acceptors (Lipinski definition) is 4. The number of thiazole rings is 1. The Morgan fingerprint density at radius 2 is 2.15 bits per heavy atom. The second-order valence-corrected chi connectivity index (χ2v) is 6.96. The van der Waals surface area contributed by atoms with Gasteiger partial charge in [0, 0.05) is 37.6 Å². The van der Waals surface area contributed by atoms with Gasteiger partial charge in [0.15, 0.2) is 17.5 Å². The average Bonchev–Trinajstić information content (AvgIpc) is 3.10. The van der Waals surface area contributed by atoms with Crippen LogP contribution in [0.4, 0.5) is 4.39 Å². The largest absolute Gasteiger partial charge is 0.489 e. The number of likely N-dealkylation sites (N-methyl/N-ethyl adjacent to an activating group) is 1. The third-order valence-electron chi connectivity index (χ3n) is 3.75. The molecule has 0 unspecified atom stereocenters. The molecule has 0 amide bonds. The van der Waals surface area contributed by atoms with E-state index in [9.17, 15) is 4.39 Å². The van der Waals surface area contributed by atoms with E-state index in [2.05, 4.69) is 22.2 Å². The SMILES string of the molecule is CCNC(=NCCc1ncc(CC)s1)N(C)CCOc1ccccc1F. The van der Waals surface area contributed by atoms with Crippen LogP contribution in [0.3, 0.4) is 0 Å². The van der Waals surface area contributed by atoms with Crippen LogP contribution in [0.1, 0.15) is 23.7 Å². The van der Waals surface area contributed by atoms with Crippen molar-refractivity contribution in [3.05, 3.63) is 46.2 Å². The van der Waals surface area contributed by atoms with Gasteiger partial charge in [-0.05, 0) is 25.5 Å². The number of ether oxygens (including phenoxy) is 1. The summed E-state index contributed by atoms with van der Waals surface area (Å²) in [7, 11) is 1.95. The molecule has 5 nitrogen and oxygen atoms in total. The lowest BCUT2D eigenvalue weighted by molar-refractivity contribution is 0.270. The topological polar surface area (TPSA) is 49.8 Å². The van der Waals surface area contributed by atoms with Crippen LogP contribution >= 0.6 is 11.3 Å². The van der Waals surface area contributed by atoms with Gasteiger partial charge in [-0.25, -0.2) is 9.37 Å². The van der Waals surface area contributed by atoms with Gasteiger partial charge < -0.3 is 15.0 Å². The Morgan fingerprint density at radius 3 is 2.85 bits per heavy atom. The maximum absolute atomic E-state index is 13.6. The van der Waals surface area contributed by atoms with Gasteiger partial charge in [-0.2, -0.15) is 0 Å². The Bertz CT molecular complexity index is 704. The first kappa shape index (κ1) is 20.2. The van der Waals surface area contributed by atoms with E-state index >= 15 is 0 Å². The Morgan fingerprint density at radius 1 is 1.35 bits per heavy atom. The van der Waals surface area contributed by atoms with Crippen molar-refractivity contribution < 1.29 is 9.13 Å². The minimum Gasteiger partial charge on any atom is -0.489 e. The summed E-state index contributed by atoms with van der Waals surface area (Å²) in [6.45, 7) is 6.63. The molecule has 0 saturated carbocycles. The van der Waals surface area contributed by atoms with Crippen LogP contribution in [0.15, 0.2) is 35.5 Å². The molecule has 0 aliphatic carbocycles. The van der Waals surface area contributed by atoms with Crippen molar-refractivity contribution in [3.63, 3.8) is 0 Å². The molecule has 7 heteroatoms. The maximum Gasteiger partial charge on any atom is 0.193 e. The number of halogens is 1. The number of aliphatic imine (C=N–C) groups is 1. The standard InChI is InChI=1S/C19H27FN4OS/c1-4-15-14-23-18(26-15)10-11-22-19(21-5-2)24(3)12-13-25-17-9-7-6-8-16(17)20/h6-9,14H,4-5,10-13H2,1-3H3,(H,21,22). The zero-order valence-electron chi connectivity index (χ0n) is 15.7. The normalized spacial score (nSPS) is 11.5. The monoisotopic (exact) mass is 378 g/mol. The van der Waals surface area contributed by atoms with E-state index < -0.39 is 0 Å². The summed E-state index contributed by atoms with van der Waals surface area (Å²) in [4.78, 5) is 12.4. The molecule has 142 valence electrons. The highest BCUT2D eigenvalue weighted by Gasteiger charge is 2.07. The molecule has 0 spiro atoms. The zero-order valence-corrected chi connectivity index (χ0v) is 16.5. The molecule has 1 aromatic carbocycles. The third-order valence-corrected chi connectivity index (χ3v) is 4.96. The number of benzene rings is 1. The molecule has 26 heavy (non-hydrogen) atoms. The van der Waals surface area contributed by atoms with Crippen LogP contribution in [0.2, 0.25) is 0 Å². The van der Waals surface area contributed by atoms with Crippen molar-refractivity contribution in [1.29, 1.82) is 0 Å². The van der Waals surface area contributed by atoms with Crippen molar-refractivity contribution in [2.24, 2.45) is 4.99 Å². The minimum atomic E-state index is -0.342. The average molecular weight is 379 g/mol. The molecule has 1 heterocycles. The minimum absolute atomic E-state index is 0.276. The summed E-state index contributed by atoms with van der Waals surface area (Å²) >= 11 is 1.75. The van der Waals surface area contributed by atoms with Crippen molar-refractivity contribution in [1.82, 2.24) is 15.2 Å². The number of nitrogens with zero attached hydrogens (tertiary/aromatic N) is 3. The van der Waals surface area contributed by atoms with Crippen LogP contribution in [-0.4, -0.2) is 49.1 Å². The number of guanidine groups is 1. The highest BCUT2D eigenvalue weighted by atomic mass is 32.1. The zero-order chi connectivity index (χ0) is 18.8. The van der Waals surface area contributed by atoms with Gasteiger partial charge in [0.05, 0.1) is 11.6 Å². The van der Waals surface area contributed by atoms with Gasteiger partial charge in [-0.1, -0.05) is 19.1 Å². The van der Waals surface area contributed by atoms with Crippen molar-refractivity contribution in [3.8, 4) is 5.75 Å². The Kier molecular flexibility index (Phi) is 8.34. The fraction of sp³-hybridized carbons (Fsp3) is 0.474. The molecule has 0 saturated heterocycles. The predicted octanol–water partition coefficient (Wildman–Crippen LogP) is 3.36. The third kappa shape index (κ3) is 6.29. The number of hydrogen-bond donors (Lipinski definition) is 1. The van der Waals surface area contributed by atoms with Gasteiger partial charge >= 0.3 is 0 Å². The Balaban J connectivity index is 1.83. The Labute approximate surface area is 158 Å². The number of nitrogens with one attached hydrogen (secondary N) is 1. The van der Waals surface area contributed by atoms with E-state index in [1.165, 1.54) is 10.9 Å². The second kappa shape index (κ2) is 10.8. The fourth-order valence-corrected chi connectivity index (χ4v) is 3.17. The number of aryl methyl sites for hydroxylation is 1. The van der Waals surface area contributed by atoms with Crippen LogP contribution < -0.4 is 10.1 Å². The molecule has 0 radical (unpaired) electrons. The van der Waals surface area contributed by atoms with Gasteiger partial charge in [0.1, 0.15) is 6.61 Å². The summed E-state index contributed by atoms with van der Waals surface area (Å²) in [6, 6.07) is 6.44. The van der Waals surface area contributed by atoms with E-state index in [1.807, 2.05) is 25.1 Å². The molecule has 0 aliphatic heterocycles. The van der Waals surface area contributed by atoms with Gasteiger partial charge in [-0.3, -0.25) is 4.99 Å². The summed E-state index contributed by atoms with van der Waals surface area (Å²) < 4.78 is 19.1. The van der Waals surface area contributed by atoms with Crippen LogP contribution in [0.5, 0.6) is 5.75 Å². The lowest BCUT2D eigenvalue weighted by Gasteiger charge is -2.22. The number of aromatic nitrogens is 1. The molecule has 2 rings (SSSR count). The van der Waals surface area contributed by atoms with Gasteiger partial charge in [-0.15, -0.1) is 11.3 Å². The molecular formula is C19H27FN4OS. The smallest absolute Gasteiger partial charge is 0.193 e.